The Hall–Kier alpha value is -1.84. The topological polar surface area (TPSA) is 46.6 Å². The molecular formula is C16H21NO3. The number of methoxy groups -OCH3 is 1. The van der Waals surface area contributed by atoms with Gasteiger partial charge in [0.1, 0.15) is 0 Å². The third-order valence-corrected chi connectivity index (χ3v) is 3.83. The van der Waals surface area contributed by atoms with Crippen molar-refractivity contribution in [2.45, 2.75) is 26.2 Å². The molecule has 0 N–H and O–H groups in total. The van der Waals surface area contributed by atoms with E-state index in [0.29, 0.717) is 31.0 Å². The molecule has 4 heteroatoms. The molecule has 1 unspecified atom stereocenters. The van der Waals surface area contributed by atoms with E-state index in [-0.39, 0.29) is 17.8 Å². The highest BCUT2D eigenvalue weighted by atomic mass is 16.5. The molecule has 0 bridgehead atoms. The number of carbonyl (C=O) groups excluding carboxylic acids is 2. The number of likely N-dealkylation sites (tertiary alicyclic amines) is 1. The zero-order valence-electron chi connectivity index (χ0n) is 12.3. The summed E-state index contributed by atoms with van der Waals surface area (Å²) >= 11 is 0. The summed E-state index contributed by atoms with van der Waals surface area (Å²) in [5, 5.41) is 0. The molecule has 0 aromatic heterocycles. The zero-order chi connectivity index (χ0) is 14.7. The fourth-order valence-electron chi connectivity index (χ4n) is 2.50. The van der Waals surface area contributed by atoms with Crippen LogP contribution >= 0.6 is 0 Å². The standard InChI is InChI=1S/C16H21NO3/c1-11(2)12-4-6-13(7-5-12)15(18)17-9-8-14(10-17)16(19)20-3/h4-7,11,14H,8-10H2,1-3H3. The summed E-state index contributed by atoms with van der Waals surface area (Å²) in [6.07, 6.45) is 0.683. The highest BCUT2D eigenvalue weighted by Gasteiger charge is 2.32. The summed E-state index contributed by atoms with van der Waals surface area (Å²) in [5.74, 6) is 0.0377. The van der Waals surface area contributed by atoms with Gasteiger partial charge in [0.2, 0.25) is 0 Å². The van der Waals surface area contributed by atoms with Crippen LogP contribution < -0.4 is 0 Å². The number of rotatable bonds is 3. The van der Waals surface area contributed by atoms with Gasteiger partial charge >= 0.3 is 5.97 Å². The minimum atomic E-state index is -0.226. The van der Waals surface area contributed by atoms with E-state index in [1.807, 2.05) is 24.3 Å². The van der Waals surface area contributed by atoms with Crippen molar-refractivity contribution < 1.29 is 14.3 Å². The molecule has 20 heavy (non-hydrogen) atoms. The van der Waals surface area contributed by atoms with Gasteiger partial charge in [-0.2, -0.15) is 0 Å². The normalized spacial score (nSPS) is 18.4. The summed E-state index contributed by atoms with van der Waals surface area (Å²) in [6.45, 7) is 5.32. The SMILES string of the molecule is COC(=O)C1CCN(C(=O)c2ccc(C(C)C)cc2)C1. The molecule has 1 saturated heterocycles. The lowest BCUT2D eigenvalue weighted by Crippen LogP contribution is -2.30. The summed E-state index contributed by atoms with van der Waals surface area (Å²) in [7, 11) is 1.39. The number of benzene rings is 1. The molecule has 1 aromatic carbocycles. The third-order valence-electron chi connectivity index (χ3n) is 3.83. The van der Waals surface area contributed by atoms with E-state index in [9.17, 15) is 9.59 Å². The molecule has 2 rings (SSSR count). The molecule has 1 aliphatic rings. The average Bonchev–Trinajstić information content (AvgIpc) is 2.95. The molecule has 0 aliphatic carbocycles. The minimum absolute atomic E-state index is 0.00768. The Bertz CT molecular complexity index is 493. The van der Waals surface area contributed by atoms with Gasteiger partial charge in [0.25, 0.3) is 5.91 Å². The van der Waals surface area contributed by atoms with Crippen molar-refractivity contribution in [2.75, 3.05) is 20.2 Å². The second kappa shape index (κ2) is 6.07. The van der Waals surface area contributed by atoms with E-state index >= 15 is 0 Å². The highest BCUT2D eigenvalue weighted by molar-refractivity contribution is 5.94. The molecule has 1 aliphatic heterocycles. The van der Waals surface area contributed by atoms with Gasteiger partial charge in [0, 0.05) is 18.7 Å². The summed E-state index contributed by atoms with van der Waals surface area (Å²) in [4.78, 5) is 25.6. The molecule has 4 nitrogen and oxygen atoms in total. The molecule has 1 fully saturated rings. The predicted molar refractivity (Wildman–Crippen MR) is 76.6 cm³/mol. The van der Waals surface area contributed by atoms with E-state index in [1.165, 1.54) is 12.7 Å². The second-order valence-electron chi connectivity index (χ2n) is 5.54. The zero-order valence-corrected chi connectivity index (χ0v) is 12.3. The van der Waals surface area contributed by atoms with Gasteiger partial charge in [0.05, 0.1) is 13.0 Å². The number of hydrogen-bond donors (Lipinski definition) is 0. The third kappa shape index (κ3) is 3.00. The van der Waals surface area contributed by atoms with E-state index in [4.69, 9.17) is 4.74 Å². The van der Waals surface area contributed by atoms with Crippen LogP contribution in [0, 0.1) is 5.92 Å². The van der Waals surface area contributed by atoms with Crippen LogP contribution in [0.4, 0.5) is 0 Å². The number of carbonyl (C=O) groups is 2. The molecule has 0 spiro atoms. The van der Waals surface area contributed by atoms with Gasteiger partial charge in [-0.25, -0.2) is 0 Å². The van der Waals surface area contributed by atoms with Crippen molar-refractivity contribution in [3.8, 4) is 0 Å². The van der Waals surface area contributed by atoms with Crippen molar-refractivity contribution in [3.05, 3.63) is 35.4 Å². The lowest BCUT2D eigenvalue weighted by atomic mass is 10.0. The number of nitrogens with zero attached hydrogens (tertiary/aromatic N) is 1. The Labute approximate surface area is 119 Å². The molecule has 1 amide bonds. The van der Waals surface area contributed by atoms with Crippen LogP contribution in [0.5, 0.6) is 0 Å². The quantitative estimate of drug-likeness (QED) is 0.796. The maximum Gasteiger partial charge on any atom is 0.310 e. The van der Waals surface area contributed by atoms with Crippen LogP contribution in [0.25, 0.3) is 0 Å². The van der Waals surface area contributed by atoms with Crippen LogP contribution in [0.15, 0.2) is 24.3 Å². The van der Waals surface area contributed by atoms with Crippen molar-refractivity contribution in [1.29, 1.82) is 0 Å². The number of amides is 1. The van der Waals surface area contributed by atoms with E-state index in [1.54, 1.807) is 4.90 Å². The number of hydrogen-bond acceptors (Lipinski definition) is 3. The van der Waals surface area contributed by atoms with E-state index < -0.39 is 0 Å². The van der Waals surface area contributed by atoms with Gasteiger partial charge in [-0.15, -0.1) is 0 Å². The largest absolute Gasteiger partial charge is 0.469 e. The fraction of sp³-hybridized carbons (Fsp3) is 0.500. The van der Waals surface area contributed by atoms with Gasteiger partial charge in [-0.3, -0.25) is 9.59 Å². The van der Waals surface area contributed by atoms with Crippen LogP contribution in [0.2, 0.25) is 0 Å². The van der Waals surface area contributed by atoms with Gasteiger partial charge < -0.3 is 9.64 Å². The Kier molecular flexibility index (Phi) is 4.42. The molecule has 1 atom stereocenters. The Balaban J connectivity index is 2.03. The number of ether oxygens (including phenoxy) is 1. The first-order chi connectivity index (χ1) is 9.52. The van der Waals surface area contributed by atoms with Crippen molar-refractivity contribution >= 4 is 11.9 Å². The maximum atomic E-state index is 12.4. The molecule has 1 aromatic rings. The predicted octanol–water partition coefficient (Wildman–Crippen LogP) is 2.45. The lowest BCUT2D eigenvalue weighted by molar-refractivity contribution is -0.144. The fourth-order valence-corrected chi connectivity index (χ4v) is 2.50. The van der Waals surface area contributed by atoms with Crippen LogP contribution in [0.1, 0.15) is 42.1 Å². The first kappa shape index (κ1) is 14.6. The van der Waals surface area contributed by atoms with Crippen molar-refractivity contribution in [1.82, 2.24) is 4.90 Å². The van der Waals surface area contributed by atoms with Crippen LogP contribution in [-0.2, 0) is 9.53 Å². The first-order valence-electron chi connectivity index (χ1n) is 7.00. The van der Waals surface area contributed by atoms with Crippen LogP contribution in [0.3, 0.4) is 0 Å². The van der Waals surface area contributed by atoms with Gasteiger partial charge in [0.15, 0.2) is 0 Å². The van der Waals surface area contributed by atoms with Crippen molar-refractivity contribution in [2.24, 2.45) is 5.92 Å². The monoisotopic (exact) mass is 275 g/mol. The molecule has 1 heterocycles. The number of esters is 1. The maximum absolute atomic E-state index is 12.4. The van der Waals surface area contributed by atoms with E-state index in [2.05, 4.69) is 13.8 Å². The molecule has 108 valence electrons. The Morgan fingerprint density at radius 3 is 2.45 bits per heavy atom. The van der Waals surface area contributed by atoms with Crippen LogP contribution in [-0.4, -0.2) is 37.0 Å². The summed E-state index contributed by atoms with van der Waals surface area (Å²) < 4.78 is 4.73. The average molecular weight is 275 g/mol. The lowest BCUT2D eigenvalue weighted by Gasteiger charge is -2.16. The smallest absolute Gasteiger partial charge is 0.310 e. The molecular weight excluding hydrogens is 254 g/mol. The Morgan fingerprint density at radius 1 is 1.25 bits per heavy atom. The highest BCUT2D eigenvalue weighted by Crippen LogP contribution is 2.21. The summed E-state index contributed by atoms with van der Waals surface area (Å²) in [5.41, 5.74) is 1.90. The minimum Gasteiger partial charge on any atom is -0.469 e. The van der Waals surface area contributed by atoms with Crippen molar-refractivity contribution in [3.63, 3.8) is 0 Å². The second-order valence-corrected chi connectivity index (χ2v) is 5.54. The van der Waals surface area contributed by atoms with E-state index in [0.717, 1.165) is 0 Å². The molecule has 0 radical (unpaired) electrons. The first-order valence-corrected chi connectivity index (χ1v) is 7.00. The Morgan fingerprint density at radius 2 is 1.90 bits per heavy atom. The van der Waals surface area contributed by atoms with Gasteiger partial charge in [-0.05, 0) is 30.0 Å². The summed E-state index contributed by atoms with van der Waals surface area (Å²) in [6, 6.07) is 7.71. The molecule has 0 saturated carbocycles. The van der Waals surface area contributed by atoms with Gasteiger partial charge in [-0.1, -0.05) is 26.0 Å².